The van der Waals surface area contributed by atoms with Crippen LogP contribution in [-0.2, 0) is 0 Å². The molecule has 6 heteroatoms. The van der Waals surface area contributed by atoms with Crippen molar-refractivity contribution < 1.29 is 9.52 Å². The number of hydrogen-bond acceptors (Lipinski definition) is 4. The number of aromatic nitrogens is 1. The third kappa shape index (κ3) is 3.59. The number of benzene rings is 1. The third-order valence-corrected chi connectivity index (χ3v) is 5.08. The molecule has 0 unspecified atom stereocenters. The minimum atomic E-state index is -0.114. The Morgan fingerprint density at radius 2 is 1.89 bits per heavy atom. The summed E-state index contributed by atoms with van der Waals surface area (Å²) in [6.45, 7) is 0.769. The van der Waals surface area contributed by atoms with Gasteiger partial charge in [-0.05, 0) is 42.9 Å². The van der Waals surface area contributed by atoms with Crippen molar-refractivity contribution in [1.82, 2.24) is 15.2 Å². The van der Waals surface area contributed by atoms with Crippen molar-refractivity contribution in [2.24, 2.45) is 0 Å². The Bertz CT molecular complexity index is 898. The van der Waals surface area contributed by atoms with Crippen LogP contribution in [0.3, 0.4) is 0 Å². The van der Waals surface area contributed by atoms with Gasteiger partial charge in [-0.25, -0.2) is 0 Å². The molecule has 1 aliphatic rings. The summed E-state index contributed by atoms with van der Waals surface area (Å²) in [6, 6.07) is 19.7. The number of aliphatic hydroxyl groups excluding tert-OH is 1. The molecule has 3 heterocycles. The van der Waals surface area contributed by atoms with Crippen molar-refractivity contribution in [3.05, 3.63) is 78.3 Å². The van der Waals surface area contributed by atoms with Gasteiger partial charge in [-0.15, -0.1) is 0 Å². The minimum absolute atomic E-state index is 0.104. The van der Waals surface area contributed by atoms with Gasteiger partial charge >= 0.3 is 0 Å². The van der Waals surface area contributed by atoms with E-state index >= 15 is 0 Å². The highest BCUT2D eigenvalue weighted by molar-refractivity contribution is 7.80. The highest BCUT2D eigenvalue weighted by atomic mass is 32.1. The predicted octanol–water partition coefficient (Wildman–Crippen LogP) is 3.70. The molecule has 2 atom stereocenters. The van der Waals surface area contributed by atoms with Gasteiger partial charge in [-0.2, -0.15) is 0 Å². The smallest absolute Gasteiger partial charge is 0.170 e. The lowest BCUT2D eigenvalue weighted by atomic mass is 10.0. The van der Waals surface area contributed by atoms with Crippen molar-refractivity contribution >= 4 is 17.3 Å². The lowest BCUT2D eigenvalue weighted by molar-refractivity contribution is 0.233. The summed E-state index contributed by atoms with van der Waals surface area (Å²) in [5.74, 6) is 1.65. The summed E-state index contributed by atoms with van der Waals surface area (Å²) in [6.07, 6.45) is 2.42. The maximum Gasteiger partial charge on any atom is 0.170 e. The minimum Gasteiger partial charge on any atom is -0.459 e. The first-order chi connectivity index (χ1) is 13.3. The van der Waals surface area contributed by atoms with E-state index in [0.717, 1.165) is 22.8 Å². The van der Waals surface area contributed by atoms with E-state index in [1.807, 2.05) is 60.7 Å². The highest BCUT2D eigenvalue weighted by Crippen LogP contribution is 2.40. The second-order valence-electron chi connectivity index (χ2n) is 6.47. The predicted molar refractivity (Wildman–Crippen MR) is 108 cm³/mol. The number of furan rings is 1. The van der Waals surface area contributed by atoms with Crippen LogP contribution in [-0.4, -0.2) is 33.3 Å². The topological polar surface area (TPSA) is 61.5 Å². The van der Waals surface area contributed by atoms with Crippen molar-refractivity contribution in [2.45, 2.75) is 18.5 Å². The average molecular weight is 379 g/mol. The molecule has 0 spiro atoms. The molecule has 1 aliphatic heterocycles. The highest BCUT2D eigenvalue weighted by Gasteiger charge is 2.41. The molecular formula is C21H21N3O2S. The summed E-state index contributed by atoms with van der Waals surface area (Å²) in [7, 11) is 0. The number of hydrogen-bond donors (Lipinski definition) is 2. The van der Waals surface area contributed by atoms with Crippen molar-refractivity contribution in [3.8, 4) is 11.3 Å². The zero-order valence-corrected chi connectivity index (χ0v) is 15.6. The molecule has 5 nitrogen and oxygen atoms in total. The van der Waals surface area contributed by atoms with Gasteiger partial charge in [0, 0.05) is 24.9 Å². The molecule has 4 rings (SSSR count). The van der Waals surface area contributed by atoms with E-state index < -0.39 is 0 Å². The van der Waals surface area contributed by atoms with Crippen molar-refractivity contribution in [1.29, 1.82) is 0 Å². The van der Waals surface area contributed by atoms with Crippen LogP contribution in [0.2, 0.25) is 0 Å². The Morgan fingerprint density at radius 1 is 1.07 bits per heavy atom. The number of pyridine rings is 1. The van der Waals surface area contributed by atoms with E-state index in [4.69, 9.17) is 16.6 Å². The standard InChI is InChI=1S/C21H21N3O2S/c25-14-6-13-24-20(19(23-21(24)27)16-9-4-5-12-22-16)18-11-10-17(26-18)15-7-2-1-3-8-15/h1-5,7-12,19-20,25H,6,13-14H2,(H,23,27)/t19-,20+/m0/s1. The van der Waals surface area contributed by atoms with Crippen LogP contribution in [0, 0.1) is 0 Å². The number of nitrogens with one attached hydrogen (secondary N) is 1. The molecule has 1 aromatic carbocycles. The molecule has 0 amide bonds. The van der Waals surface area contributed by atoms with Gasteiger partial charge in [-0.3, -0.25) is 4.98 Å². The fraction of sp³-hybridized carbons (Fsp3) is 0.238. The van der Waals surface area contributed by atoms with E-state index in [2.05, 4.69) is 15.2 Å². The number of nitrogens with zero attached hydrogens (tertiary/aromatic N) is 2. The number of aliphatic hydroxyl groups is 1. The van der Waals surface area contributed by atoms with Crippen LogP contribution in [0.25, 0.3) is 11.3 Å². The summed E-state index contributed by atoms with van der Waals surface area (Å²) < 4.78 is 6.23. The van der Waals surface area contributed by atoms with E-state index in [0.29, 0.717) is 18.1 Å². The molecule has 0 bridgehead atoms. The SMILES string of the molecule is OCCCN1C(=S)N[C@@H](c2ccccn2)[C@H]1c1ccc(-c2ccccc2)o1. The lowest BCUT2D eigenvalue weighted by Crippen LogP contribution is -2.30. The molecule has 2 aromatic heterocycles. The second kappa shape index (κ2) is 7.90. The van der Waals surface area contributed by atoms with E-state index in [9.17, 15) is 5.11 Å². The van der Waals surface area contributed by atoms with Gasteiger partial charge in [0.25, 0.3) is 0 Å². The van der Waals surface area contributed by atoms with Crippen molar-refractivity contribution in [3.63, 3.8) is 0 Å². The molecular weight excluding hydrogens is 358 g/mol. The fourth-order valence-electron chi connectivity index (χ4n) is 3.47. The summed E-state index contributed by atoms with van der Waals surface area (Å²) in [5.41, 5.74) is 1.95. The Labute approximate surface area is 163 Å². The molecule has 1 fully saturated rings. The summed E-state index contributed by atoms with van der Waals surface area (Å²) in [5, 5.41) is 13.3. The molecule has 3 aromatic rings. The van der Waals surface area contributed by atoms with Gasteiger partial charge in [0.15, 0.2) is 5.11 Å². The Kier molecular flexibility index (Phi) is 5.18. The molecule has 0 saturated carbocycles. The van der Waals surface area contributed by atoms with Gasteiger partial charge in [-0.1, -0.05) is 36.4 Å². The second-order valence-corrected chi connectivity index (χ2v) is 6.85. The largest absolute Gasteiger partial charge is 0.459 e. The summed E-state index contributed by atoms with van der Waals surface area (Å²) in [4.78, 5) is 6.59. The van der Waals surface area contributed by atoms with E-state index in [1.54, 1.807) is 6.20 Å². The van der Waals surface area contributed by atoms with Gasteiger partial charge in [0.2, 0.25) is 0 Å². The number of thiocarbonyl (C=S) groups is 1. The molecule has 2 N–H and O–H groups in total. The van der Waals surface area contributed by atoms with Gasteiger partial charge < -0.3 is 19.7 Å². The molecule has 1 saturated heterocycles. The maximum absolute atomic E-state index is 9.28. The number of rotatable bonds is 6. The molecule has 138 valence electrons. The van der Waals surface area contributed by atoms with Crippen LogP contribution in [0.4, 0.5) is 0 Å². The van der Waals surface area contributed by atoms with Crippen LogP contribution < -0.4 is 5.32 Å². The Morgan fingerprint density at radius 3 is 2.63 bits per heavy atom. The van der Waals surface area contributed by atoms with E-state index in [1.165, 1.54) is 0 Å². The molecule has 0 aliphatic carbocycles. The first kappa shape index (κ1) is 17.7. The Balaban J connectivity index is 1.70. The first-order valence-corrected chi connectivity index (χ1v) is 9.43. The third-order valence-electron chi connectivity index (χ3n) is 4.73. The molecule has 27 heavy (non-hydrogen) atoms. The van der Waals surface area contributed by atoms with Gasteiger partial charge in [0.1, 0.15) is 17.6 Å². The summed E-state index contributed by atoms with van der Waals surface area (Å²) >= 11 is 5.57. The zero-order valence-electron chi connectivity index (χ0n) is 14.8. The Hall–Kier alpha value is -2.70. The normalized spacial score (nSPS) is 19.3. The average Bonchev–Trinajstić information content (AvgIpc) is 3.32. The first-order valence-electron chi connectivity index (χ1n) is 9.02. The van der Waals surface area contributed by atoms with Crippen LogP contribution in [0.15, 0.2) is 71.3 Å². The van der Waals surface area contributed by atoms with Crippen LogP contribution >= 0.6 is 12.2 Å². The zero-order chi connectivity index (χ0) is 18.6. The lowest BCUT2D eigenvalue weighted by Gasteiger charge is -2.25. The maximum atomic E-state index is 9.28. The van der Waals surface area contributed by atoms with Crippen LogP contribution in [0.1, 0.15) is 30.0 Å². The van der Waals surface area contributed by atoms with Crippen LogP contribution in [0.5, 0.6) is 0 Å². The van der Waals surface area contributed by atoms with Gasteiger partial charge in [0.05, 0.1) is 11.7 Å². The monoisotopic (exact) mass is 379 g/mol. The quantitative estimate of drug-likeness (QED) is 0.637. The van der Waals surface area contributed by atoms with Crippen molar-refractivity contribution in [2.75, 3.05) is 13.2 Å². The fourth-order valence-corrected chi connectivity index (χ4v) is 3.80. The van der Waals surface area contributed by atoms with E-state index in [-0.39, 0.29) is 18.7 Å². The molecule has 0 radical (unpaired) electrons.